The van der Waals surface area contributed by atoms with Gasteiger partial charge in [0.05, 0.1) is 6.54 Å². The Morgan fingerprint density at radius 1 is 1.20 bits per heavy atom. The summed E-state index contributed by atoms with van der Waals surface area (Å²) in [7, 11) is 0. The van der Waals surface area contributed by atoms with E-state index in [9.17, 15) is 9.18 Å². The van der Waals surface area contributed by atoms with Gasteiger partial charge < -0.3 is 24.1 Å². The number of ether oxygens (including phenoxy) is 3. The standard InChI is InChI=1S/C21H20FN3O5/c1-13-2-3-14(10-16(13)22)21-24-20(30-25-21)7-6-19(26)23-8-9-27-15-4-5-17-18(11-15)29-12-28-17/h2-5,10-11H,6-9,12H2,1H3,(H,23,26). The monoisotopic (exact) mass is 413 g/mol. The molecule has 0 spiro atoms. The van der Waals surface area contributed by atoms with Crippen LogP contribution in [0.15, 0.2) is 40.9 Å². The molecule has 0 aliphatic carbocycles. The first-order valence-electron chi connectivity index (χ1n) is 9.47. The quantitative estimate of drug-likeness (QED) is 0.567. The Labute approximate surface area is 171 Å². The fourth-order valence-electron chi connectivity index (χ4n) is 2.84. The number of fused-ring (bicyclic) bond motifs is 1. The maximum absolute atomic E-state index is 13.7. The lowest BCUT2D eigenvalue weighted by Crippen LogP contribution is -2.28. The Bertz CT molecular complexity index is 1050. The van der Waals surface area contributed by atoms with Crippen molar-refractivity contribution in [2.75, 3.05) is 19.9 Å². The van der Waals surface area contributed by atoms with Crippen LogP contribution < -0.4 is 19.5 Å². The van der Waals surface area contributed by atoms with E-state index in [-0.39, 0.29) is 31.4 Å². The average Bonchev–Trinajstić information content (AvgIpc) is 3.41. The first kappa shape index (κ1) is 19.7. The molecule has 1 aromatic heterocycles. The molecular formula is C21H20FN3O5. The van der Waals surface area contributed by atoms with Crippen LogP contribution in [0.5, 0.6) is 17.2 Å². The van der Waals surface area contributed by atoms with Crippen molar-refractivity contribution >= 4 is 5.91 Å². The van der Waals surface area contributed by atoms with Crippen molar-refractivity contribution in [2.24, 2.45) is 0 Å². The smallest absolute Gasteiger partial charge is 0.231 e. The number of halogens is 1. The van der Waals surface area contributed by atoms with Gasteiger partial charge >= 0.3 is 0 Å². The maximum atomic E-state index is 13.7. The van der Waals surface area contributed by atoms with Gasteiger partial charge in [-0.2, -0.15) is 4.98 Å². The lowest BCUT2D eigenvalue weighted by atomic mass is 10.1. The average molecular weight is 413 g/mol. The number of amides is 1. The predicted octanol–water partition coefficient (Wildman–Crippen LogP) is 3.04. The van der Waals surface area contributed by atoms with Crippen molar-refractivity contribution in [1.29, 1.82) is 0 Å². The molecule has 0 bridgehead atoms. The van der Waals surface area contributed by atoms with Gasteiger partial charge in [-0.1, -0.05) is 17.3 Å². The maximum Gasteiger partial charge on any atom is 0.231 e. The molecule has 1 amide bonds. The third kappa shape index (κ3) is 4.68. The Morgan fingerprint density at radius 2 is 2.07 bits per heavy atom. The van der Waals surface area contributed by atoms with Gasteiger partial charge in [0.1, 0.15) is 18.2 Å². The molecule has 9 heteroatoms. The van der Waals surface area contributed by atoms with Crippen LogP contribution in [0.4, 0.5) is 4.39 Å². The first-order valence-corrected chi connectivity index (χ1v) is 9.47. The van der Waals surface area contributed by atoms with Crippen LogP contribution in [-0.2, 0) is 11.2 Å². The van der Waals surface area contributed by atoms with Gasteiger partial charge in [0.15, 0.2) is 11.5 Å². The molecule has 1 N–H and O–H groups in total. The number of carbonyl (C=O) groups excluding carboxylic acids is 1. The Morgan fingerprint density at radius 3 is 2.93 bits per heavy atom. The van der Waals surface area contributed by atoms with Crippen molar-refractivity contribution < 1.29 is 27.9 Å². The van der Waals surface area contributed by atoms with E-state index < -0.39 is 0 Å². The topological polar surface area (TPSA) is 95.7 Å². The van der Waals surface area contributed by atoms with Crippen LogP contribution >= 0.6 is 0 Å². The fourth-order valence-corrected chi connectivity index (χ4v) is 2.84. The van der Waals surface area contributed by atoms with Gasteiger partial charge in [-0.05, 0) is 30.7 Å². The molecule has 0 fully saturated rings. The van der Waals surface area contributed by atoms with Crippen molar-refractivity contribution in [3.8, 4) is 28.6 Å². The number of aryl methyl sites for hydroxylation is 2. The van der Waals surface area contributed by atoms with Gasteiger partial charge in [0.2, 0.25) is 24.4 Å². The zero-order chi connectivity index (χ0) is 20.9. The molecule has 1 aliphatic heterocycles. The van der Waals surface area contributed by atoms with Crippen molar-refractivity contribution in [1.82, 2.24) is 15.5 Å². The minimum Gasteiger partial charge on any atom is -0.492 e. The van der Waals surface area contributed by atoms with Gasteiger partial charge in [-0.25, -0.2) is 4.39 Å². The highest BCUT2D eigenvalue weighted by Gasteiger charge is 2.14. The number of rotatable bonds is 8. The summed E-state index contributed by atoms with van der Waals surface area (Å²) in [6.07, 6.45) is 0.476. The number of benzene rings is 2. The highest BCUT2D eigenvalue weighted by Crippen LogP contribution is 2.35. The second-order valence-electron chi connectivity index (χ2n) is 6.69. The number of carbonyl (C=O) groups is 1. The predicted molar refractivity (Wildman–Crippen MR) is 104 cm³/mol. The highest BCUT2D eigenvalue weighted by molar-refractivity contribution is 5.76. The van der Waals surface area contributed by atoms with E-state index in [4.69, 9.17) is 18.7 Å². The summed E-state index contributed by atoms with van der Waals surface area (Å²) in [6, 6.07) is 10.0. The largest absolute Gasteiger partial charge is 0.492 e. The minimum atomic E-state index is -0.332. The molecule has 0 saturated carbocycles. The van der Waals surface area contributed by atoms with E-state index in [1.54, 1.807) is 37.3 Å². The van der Waals surface area contributed by atoms with Crippen molar-refractivity contribution in [3.63, 3.8) is 0 Å². The molecule has 4 rings (SSSR count). The summed E-state index contributed by atoms with van der Waals surface area (Å²) < 4.78 is 35.0. The van der Waals surface area contributed by atoms with Crippen LogP contribution in [0, 0.1) is 12.7 Å². The fraction of sp³-hybridized carbons (Fsp3) is 0.286. The van der Waals surface area contributed by atoms with E-state index in [1.807, 2.05) is 0 Å². The van der Waals surface area contributed by atoms with Crippen LogP contribution in [0.2, 0.25) is 0 Å². The number of hydrogen-bond acceptors (Lipinski definition) is 7. The van der Waals surface area contributed by atoms with Gasteiger partial charge in [-0.3, -0.25) is 4.79 Å². The Balaban J connectivity index is 1.19. The summed E-state index contributed by atoms with van der Waals surface area (Å²) in [5.41, 5.74) is 1.07. The molecule has 2 heterocycles. The molecule has 3 aromatic rings. The number of aromatic nitrogens is 2. The highest BCUT2D eigenvalue weighted by atomic mass is 19.1. The molecule has 8 nitrogen and oxygen atoms in total. The van der Waals surface area contributed by atoms with Crippen LogP contribution in [0.1, 0.15) is 17.9 Å². The molecule has 30 heavy (non-hydrogen) atoms. The molecule has 0 atom stereocenters. The third-order valence-corrected chi connectivity index (χ3v) is 4.50. The molecule has 0 unspecified atom stereocenters. The van der Waals surface area contributed by atoms with Crippen LogP contribution in [-0.4, -0.2) is 36.0 Å². The second-order valence-corrected chi connectivity index (χ2v) is 6.69. The summed E-state index contributed by atoms with van der Waals surface area (Å²) in [6.45, 7) is 2.55. The number of hydrogen-bond donors (Lipinski definition) is 1. The third-order valence-electron chi connectivity index (χ3n) is 4.50. The molecule has 2 aromatic carbocycles. The molecule has 0 radical (unpaired) electrons. The normalized spacial score (nSPS) is 12.1. The van der Waals surface area contributed by atoms with E-state index in [0.29, 0.717) is 53.2 Å². The number of nitrogens with one attached hydrogen (secondary N) is 1. The van der Waals surface area contributed by atoms with Crippen molar-refractivity contribution in [3.05, 3.63) is 53.7 Å². The van der Waals surface area contributed by atoms with E-state index in [2.05, 4.69) is 15.5 Å². The first-order chi connectivity index (χ1) is 14.6. The van der Waals surface area contributed by atoms with Crippen molar-refractivity contribution in [2.45, 2.75) is 19.8 Å². The van der Waals surface area contributed by atoms with Gasteiger partial charge in [-0.15, -0.1) is 0 Å². The van der Waals surface area contributed by atoms with E-state index in [1.165, 1.54) is 6.07 Å². The summed E-state index contributed by atoms with van der Waals surface area (Å²) in [4.78, 5) is 16.2. The Kier molecular flexibility index (Phi) is 5.78. The zero-order valence-electron chi connectivity index (χ0n) is 16.3. The second kappa shape index (κ2) is 8.81. The van der Waals surface area contributed by atoms with Gasteiger partial charge in [0.25, 0.3) is 0 Å². The molecule has 1 aliphatic rings. The van der Waals surface area contributed by atoms with Gasteiger partial charge in [0, 0.05) is 24.5 Å². The summed E-state index contributed by atoms with van der Waals surface area (Å²) in [5, 5.41) is 6.61. The lowest BCUT2D eigenvalue weighted by Gasteiger charge is -2.08. The number of nitrogens with zero attached hydrogens (tertiary/aromatic N) is 2. The SMILES string of the molecule is Cc1ccc(-c2noc(CCC(=O)NCCOc3ccc4c(c3)OCO4)n2)cc1F. The molecule has 0 saturated heterocycles. The Hall–Kier alpha value is -3.62. The summed E-state index contributed by atoms with van der Waals surface area (Å²) >= 11 is 0. The molecular weight excluding hydrogens is 393 g/mol. The van der Waals surface area contributed by atoms with E-state index >= 15 is 0 Å². The zero-order valence-corrected chi connectivity index (χ0v) is 16.3. The van der Waals surface area contributed by atoms with Crippen LogP contribution in [0.25, 0.3) is 11.4 Å². The van der Waals surface area contributed by atoms with E-state index in [0.717, 1.165) is 0 Å². The molecule has 156 valence electrons. The lowest BCUT2D eigenvalue weighted by molar-refractivity contribution is -0.121. The minimum absolute atomic E-state index is 0.162. The summed E-state index contributed by atoms with van der Waals surface area (Å²) in [5.74, 6) is 2.08. The van der Waals surface area contributed by atoms with Crippen LogP contribution in [0.3, 0.4) is 0 Å².